The lowest BCUT2D eigenvalue weighted by Crippen LogP contribution is -2.24. The Labute approximate surface area is 83.0 Å². The zero-order valence-electron chi connectivity index (χ0n) is 7.75. The summed E-state index contributed by atoms with van der Waals surface area (Å²) in [5, 5.41) is 0. The van der Waals surface area contributed by atoms with Gasteiger partial charge in [-0.15, -0.1) is 0 Å². The second-order valence-electron chi connectivity index (χ2n) is 2.96. The van der Waals surface area contributed by atoms with E-state index < -0.39 is 15.8 Å². The molecule has 1 rings (SSSR count). The molecule has 0 atom stereocenters. The minimum absolute atomic E-state index is 0.280. The average Bonchev–Trinajstić information content (AvgIpc) is 2.01. The van der Waals surface area contributed by atoms with Crippen LogP contribution < -0.4 is 4.72 Å². The Morgan fingerprint density at radius 2 is 2.29 bits per heavy atom. The quantitative estimate of drug-likeness (QED) is 0.806. The van der Waals surface area contributed by atoms with Gasteiger partial charge in [-0.2, -0.15) is 0 Å². The van der Waals surface area contributed by atoms with Crippen LogP contribution in [0.15, 0.2) is 18.2 Å². The van der Waals surface area contributed by atoms with Gasteiger partial charge < -0.3 is 0 Å². The molecule has 0 aromatic heterocycles. The SMILES string of the molecule is CS(=O)(=O)NCCc1cc[c]c(F)c1. The van der Waals surface area contributed by atoms with Crippen LogP contribution in [0.5, 0.6) is 0 Å². The van der Waals surface area contributed by atoms with E-state index in [1.165, 1.54) is 12.1 Å². The molecule has 0 saturated heterocycles. The molecule has 14 heavy (non-hydrogen) atoms. The second-order valence-corrected chi connectivity index (χ2v) is 4.79. The molecule has 0 aliphatic rings. The summed E-state index contributed by atoms with van der Waals surface area (Å²) in [5.74, 6) is -0.429. The van der Waals surface area contributed by atoms with Gasteiger partial charge in [0.05, 0.1) is 6.26 Å². The van der Waals surface area contributed by atoms with Crippen molar-refractivity contribution in [3.05, 3.63) is 35.6 Å². The minimum Gasteiger partial charge on any atom is -0.215 e. The first-order valence-electron chi connectivity index (χ1n) is 4.08. The molecule has 1 aromatic rings. The highest BCUT2D eigenvalue weighted by molar-refractivity contribution is 7.88. The van der Waals surface area contributed by atoms with Gasteiger partial charge in [0, 0.05) is 12.6 Å². The number of rotatable bonds is 4. The highest BCUT2D eigenvalue weighted by atomic mass is 32.2. The van der Waals surface area contributed by atoms with E-state index in [9.17, 15) is 12.8 Å². The standard InChI is InChI=1S/C9H11FNO2S/c1-14(12,13)11-6-5-8-3-2-4-9(10)7-8/h2-3,7,11H,5-6H2,1H3. The van der Waals surface area contributed by atoms with Crippen molar-refractivity contribution in [2.24, 2.45) is 0 Å². The van der Waals surface area contributed by atoms with Crippen LogP contribution >= 0.6 is 0 Å². The number of benzene rings is 1. The highest BCUT2D eigenvalue weighted by Crippen LogP contribution is 2.02. The lowest BCUT2D eigenvalue weighted by molar-refractivity contribution is 0.587. The van der Waals surface area contributed by atoms with E-state index in [4.69, 9.17) is 0 Å². The molecule has 5 heteroatoms. The van der Waals surface area contributed by atoms with Gasteiger partial charge in [0.2, 0.25) is 10.0 Å². The lowest BCUT2D eigenvalue weighted by Gasteiger charge is -2.02. The lowest BCUT2D eigenvalue weighted by atomic mass is 10.1. The molecule has 0 aliphatic carbocycles. The Hall–Kier alpha value is -0.940. The number of hydrogen-bond acceptors (Lipinski definition) is 2. The number of halogens is 1. The Kier molecular flexibility index (Phi) is 3.60. The van der Waals surface area contributed by atoms with Crippen LogP contribution in [0, 0.1) is 11.9 Å². The summed E-state index contributed by atoms with van der Waals surface area (Å²) in [4.78, 5) is 0. The molecule has 0 saturated carbocycles. The summed E-state index contributed by atoms with van der Waals surface area (Å²) in [7, 11) is -3.16. The van der Waals surface area contributed by atoms with Gasteiger partial charge in [0.25, 0.3) is 0 Å². The predicted molar refractivity (Wildman–Crippen MR) is 51.8 cm³/mol. The molecule has 77 valence electrons. The molecular formula is C9H11FNO2S. The summed E-state index contributed by atoms with van der Waals surface area (Å²) in [6.07, 6.45) is 1.56. The van der Waals surface area contributed by atoms with Crippen molar-refractivity contribution < 1.29 is 12.8 Å². The van der Waals surface area contributed by atoms with Crippen LogP contribution in [0.3, 0.4) is 0 Å². The predicted octanol–water partition coefficient (Wildman–Crippen LogP) is 0.718. The molecule has 1 N–H and O–H groups in total. The summed E-state index contributed by atoms with van der Waals surface area (Å²) >= 11 is 0. The topological polar surface area (TPSA) is 46.2 Å². The fourth-order valence-corrected chi connectivity index (χ4v) is 1.49. The highest BCUT2D eigenvalue weighted by Gasteiger charge is 2.00. The van der Waals surface area contributed by atoms with Gasteiger partial charge in [-0.25, -0.2) is 17.5 Å². The molecule has 0 fully saturated rings. The van der Waals surface area contributed by atoms with Crippen molar-refractivity contribution in [1.29, 1.82) is 0 Å². The van der Waals surface area contributed by atoms with E-state index >= 15 is 0 Å². The molecule has 0 heterocycles. The van der Waals surface area contributed by atoms with Crippen LogP contribution in [0.4, 0.5) is 4.39 Å². The monoisotopic (exact) mass is 216 g/mol. The van der Waals surface area contributed by atoms with Crippen LogP contribution in [-0.4, -0.2) is 21.2 Å². The van der Waals surface area contributed by atoms with Gasteiger partial charge in [0.1, 0.15) is 5.82 Å². The number of sulfonamides is 1. The maximum atomic E-state index is 12.6. The molecule has 0 unspecified atom stereocenters. The molecule has 1 aromatic carbocycles. The van der Waals surface area contributed by atoms with E-state index in [2.05, 4.69) is 10.8 Å². The van der Waals surface area contributed by atoms with Crippen molar-refractivity contribution in [2.45, 2.75) is 6.42 Å². The molecular weight excluding hydrogens is 205 g/mol. The third-order valence-electron chi connectivity index (χ3n) is 1.61. The van der Waals surface area contributed by atoms with E-state index in [-0.39, 0.29) is 6.54 Å². The summed E-state index contributed by atoms with van der Waals surface area (Å²) in [6, 6.07) is 6.89. The van der Waals surface area contributed by atoms with Crippen molar-refractivity contribution >= 4 is 10.0 Å². The van der Waals surface area contributed by atoms with E-state index in [1.54, 1.807) is 6.07 Å². The largest absolute Gasteiger partial charge is 0.215 e. The average molecular weight is 216 g/mol. The smallest absolute Gasteiger partial charge is 0.208 e. The first kappa shape index (κ1) is 11.1. The van der Waals surface area contributed by atoms with Gasteiger partial charge in [-0.1, -0.05) is 12.1 Å². The Bertz CT molecular complexity index is 403. The van der Waals surface area contributed by atoms with Gasteiger partial charge in [-0.3, -0.25) is 0 Å². The van der Waals surface area contributed by atoms with Crippen molar-refractivity contribution in [2.75, 3.05) is 12.8 Å². The molecule has 0 bridgehead atoms. The van der Waals surface area contributed by atoms with Crippen LogP contribution in [-0.2, 0) is 16.4 Å². The van der Waals surface area contributed by atoms with Crippen LogP contribution in [0.2, 0.25) is 0 Å². The summed E-state index contributed by atoms with van der Waals surface area (Å²) in [5.41, 5.74) is 0.748. The second kappa shape index (κ2) is 4.52. The van der Waals surface area contributed by atoms with Crippen molar-refractivity contribution in [3.63, 3.8) is 0 Å². The van der Waals surface area contributed by atoms with E-state index in [1.807, 2.05) is 0 Å². The zero-order chi connectivity index (χ0) is 10.6. The first-order valence-corrected chi connectivity index (χ1v) is 5.97. The Morgan fingerprint density at radius 1 is 1.57 bits per heavy atom. The maximum Gasteiger partial charge on any atom is 0.208 e. The minimum atomic E-state index is -3.16. The van der Waals surface area contributed by atoms with Crippen LogP contribution in [0.1, 0.15) is 5.56 Å². The molecule has 0 amide bonds. The van der Waals surface area contributed by atoms with Gasteiger partial charge in [-0.05, 0) is 18.1 Å². The molecule has 0 aliphatic heterocycles. The number of hydrogen-bond donors (Lipinski definition) is 1. The zero-order valence-corrected chi connectivity index (χ0v) is 8.57. The van der Waals surface area contributed by atoms with E-state index in [0.717, 1.165) is 11.8 Å². The Balaban J connectivity index is 2.47. The Morgan fingerprint density at radius 3 is 2.86 bits per heavy atom. The van der Waals surface area contributed by atoms with Crippen molar-refractivity contribution in [3.8, 4) is 0 Å². The summed E-state index contributed by atoms with van der Waals surface area (Å²) < 4.78 is 36.4. The first-order chi connectivity index (χ1) is 6.47. The van der Waals surface area contributed by atoms with Crippen LogP contribution in [0.25, 0.3) is 0 Å². The maximum absolute atomic E-state index is 12.6. The normalized spacial score (nSPS) is 11.6. The molecule has 3 nitrogen and oxygen atoms in total. The molecule has 1 radical (unpaired) electrons. The fourth-order valence-electron chi connectivity index (χ4n) is 1.02. The number of nitrogens with one attached hydrogen (secondary N) is 1. The fraction of sp³-hybridized carbons (Fsp3) is 0.333. The summed E-state index contributed by atoms with van der Waals surface area (Å²) in [6.45, 7) is 0.280. The third-order valence-corrected chi connectivity index (χ3v) is 2.34. The van der Waals surface area contributed by atoms with Gasteiger partial charge >= 0.3 is 0 Å². The molecule has 0 spiro atoms. The van der Waals surface area contributed by atoms with Crippen molar-refractivity contribution in [1.82, 2.24) is 4.72 Å². The van der Waals surface area contributed by atoms with E-state index in [0.29, 0.717) is 6.42 Å². The van der Waals surface area contributed by atoms with Gasteiger partial charge in [0.15, 0.2) is 0 Å². The third kappa shape index (κ3) is 4.34.